The standard InChI is InChI=1S/C15H9ClF3NO2/c16-9-1-2-13-8(3-9)6-20(14(21)7-22-13)10-4-11(17)15(19)12(18)5-10/h1-5H,6-7H2. The molecule has 0 unspecified atom stereocenters. The molecule has 0 fully saturated rings. The van der Waals surface area contributed by atoms with E-state index in [0.29, 0.717) is 16.3 Å². The molecular formula is C15H9ClF3NO2. The zero-order valence-electron chi connectivity index (χ0n) is 11.1. The molecule has 22 heavy (non-hydrogen) atoms. The second kappa shape index (κ2) is 5.53. The third-order valence-corrected chi connectivity index (χ3v) is 3.52. The number of carbonyl (C=O) groups excluding carboxylic acids is 1. The summed E-state index contributed by atoms with van der Waals surface area (Å²) in [5.41, 5.74) is 0.501. The quantitative estimate of drug-likeness (QED) is 0.748. The number of benzene rings is 2. The Morgan fingerprint density at radius 3 is 2.45 bits per heavy atom. The molecular weight excluding hydrogens is 319 g/mol. The summed E-state index contributed by atoms with van der Waals surface area (Å²) in [6, 6.07) is 6.36. The number of halogens is 4. The van der Waals surface area contributed by atoms with Gasteiger partial charge in [0.2, 0.25) is 0 Å². The largest absolute Gasteiger partial charge is 0.483 e. The number of nitrogens with zero attached hydrogens (tertiary/aromatic N) is 1. The maximum absolute atomic E-state index is 13.4. The van der Waals surface area contributed by atoms with Gasteiger partial charge in [0.15, 0.2) is 24.1 Å². The van der Waals surface area contributed by atoms with Crippen LogP contribution in [0.4, 0.5) is 18.9 Å². The summed E-state index contributed by atoms with van der Waals surface area (Å²) in [6.07, 6.45) is 0. The zero-order chi connectivity index (χ0) is 15.9. The van der Waals surface area contributed by atoms with Gasteiger partial charge in [0, 0.05) is 22.7 Å². The average Bonchev–Trinajstić information content (AvgIpc) is 2.63. The minimum Gasteiger partial charge on any atom is -0.483 e. The highest BCUT2D eigenvalue weighted by Crippen LogP contribution is 2.30. The Balaban J connectivity index is 2.04. The van der Waals surface area contributed by atoms with E-state index >= 15 is 0 Å². The van der Waals surface area contributed by atoms with E-state index in [2.05, 4.69) is 0 Å². The van der Waals surface area contributed by atoms with E-state index in [-0.39, 0.29) is 18.8 Å². The fourth-order valence-electron chi connectivity index (χ4n) is 2.22. The molecule has 1 heterocycles. The van der Waals surface area contributed by atoms with Crippen molar-refractivity contribution >= 4 is 23.2 Å². The van der Waals surface area contributed by atoms with Crippen LogP contribution in [-0.2, 0) is 11.3 Å². The maximum Gasteiger partial charge on any atom is 0.265 e. The molecule has 114 valence electrons. The fourth-order valence-corrected chi connectivity index (χ4v) is 2.42. The average molecular weight is 328 g/mol. The van der Waals surface area contributed by atoms with Crippen molar-refractivity contribution < 1.29 is 22.7 Å². The van der Waals surface area contributed by atoms with Crippen molar-refractivity contribution in [2.75, 3.05) is 11.5 Å². The molecule has 0 saturated heterocycles. The maximum atomic E-state index is 13.4. The van der Waals surface area contributed by atoms with E-state index in [1.54, 1.807) is 18.2 Å². The van der Waals surface area contributed by atoms with Crippen LogP contribution in [0.25, 0.3) is 0 Å². The molecule has 0 bridgehead atoms. The SMILES string of the molecule is O=C1COc2ccc(Cl)cc2CN1c1cc(F)c(F)c(F)c1. The molecule has 0 saturated carbocycles. The monoisotopic (exact) mass is 327 g/mol. The number of ether oxygens (including phenoxy) is 1. The predicted molar refractivity (Wildman–Crippen MR) is 74.5 cm³/mol. The topological polar surface area (TPSA) is 29.5 Å². The first-order chi connectivity index (χ1) is 10.5. The van der Waals surface area contributed by atoms with Gasteiger partial charge in [0.25, 0.3) is 5.91 Å². The Labute approximate surface area is 128 Å². The number of carbonyl (C=O) groups is 1. The minimum atomic E-state index is -1.58. The van der Waals surface area contributed by atoms with Gasteiger partial charge in [-0.3, -0.25) is 4.79 Å². The van der Waals surface area contributed by atoms with E-state index < -0.39 is 23.4 Å². The first kappa shape index (κ1) is 14.7. The number of amides is 1. The molecule has 0 aromatic heterocycles. The van der Waals surface area contributed by atoms with Crippen LogP contribution in [0.2, 0.25) is 5.02 Å². The van der Waals surface area contributed by atoms with Crippen molar-refractivity contribution in [3.8, 4) is 5.75 Å². The lowest BCUT2D eigenvalue weighted by Gasteiger charge is -2.20. The first-order valence-corrected chi connectivity index (χ1v) is 6.69. The molecule has 0 atom stereocenters. The molecule has 7 heteroatoms. The summed E-state index contributed by atoms with van der Waals surface area (Å²) in [6.45, 7) is -0.283. The number of hydrogen-bond acceptors (Lipinski definition) is 2. The molecule has 1 aliphatic heterocycles. The second-order valence-corrected chi connectivity index (χ2v) is 5.18. The van der Waals surface area contributed by atoms with E-state index in [4.69, 9.17) is 16.3 Å². The molecule has 2 aromatic carbocycles. The van der Waals surface area contributed by atoms with Gasteiger partial charge < -0.3 is 9.64 Å². The Hall–Kier alpha value is -2.21. The zero-order valence-corrected chi connectivity index (χ0v) is 11.8. The third-order valence-electron chi connectivity index (χ3n) is 3.28. The van der Waals surface area contributed by atoms with Gasteiger partial charge in [-0.15, -0.1) is 0 Å². The van der Waals surface area contributed by atoms with Gasteiger partial charge in [0.1, 0.15) is 5.75 Å². The molecule has 1 aliphatic rings. The Bertz CT molecular complexity index is 743. The molecule has 0 N–H and O–H groups in total. The van der Waals surface area contributed by atoms with Crippen LogP contribution in [-0.4, -0.2) is 12.5 Å². The highest BCUT2D eigenvalue weighted by atomic mass is 35.5. The smallest absolute Gasteiger partial charge is 0.265 e. The van der Waals surface area contributed by atoms with E-state index in [0.717, 1.165) is 17.0 Å². The van der Waals surface area contributed by atoms with Crippen molar-refractivity contribution in [1.82, 2.24) is 0 Å². The van der Waals surface area contributed by atoms with Gasteiger partial charge >= 0.3 is 0 Å². The summed E-state index contributed by atoms with van der Waals surface area (Å²) < 4.78 is 45.1. The number of anilines is 1. The van der Waals surface area contributed by atoms with Crippen molar-refractivity contribution in [3.05, 3.63) is 58.4 Å². The third kappa shape index (κ3) is 2.62. The summed E-state index contributed by atoms with van der Waals surface area (Å²) in [5.74, 6) is -4.34. The number of rotatable bonds is 1. The van der Waals surface area contributed by atoms with Crippen LogP contribution < -0.4 is 9.64 Å². The highest BCUT2D eigenvalue weighted by molar-refractivity contribution is 6.30. The molecule has 1 amide bonds. The van der Waals surface area contributed by atoms with Gasteiger partial charge in [-0.2, -0.15) is 0 Å². The van der Waals surface area contributed by atoms with Crippen molar-refractivity contribution in [1.29, 1.82) is 0 Å². The van der Waals surface area contributed by atoms with E-state index in [1.807, 2.05) is 0 Å². The van der Waals surface area contributed by atoms with Gasteiger partial charge in [-0.1, -0.05) is 11.6 Å². The summed E-state index contributed by atoms with van der Waals surface area (Å²) >= 11 is 5.90. The second-order valence-electron chi connectivity index (χ2n) is 4.74. The Morgan fingerprint density at radius 1 is 1.09 bits per heavy atom. The first-order valence-electron chi connectivity index (χ1n) is 6.32. The molecule has 3 nitrogen and oxygen atoms in total. The Morgan fingerprint density at radius 2 is 1.77 bits per heavy atom. The Kier molecular flexibility index (Phi) is 3.70. The molecule has 2 aromatic rings. The van der Waals surface area contributed by atoms with Crippen LogP contribution in [0.3, 0.4) is 0 Å². The number of fused-ring (bicyclic) bond motifs is 1. The summed E-state index contributed by atoms with van der Waals surface area (Å²) in [5, 5.41) is 0.438. The summed E-state index contributed by atoms with van der Waals surface area (Å²) in [4.78, 5) is 13.2. The lowest BCUT2D eigenvalue weighted by Crippen LogP contribution is -2.32. The lowest BCUT2D eigenvalue weighted by atomic mass is 10.1. The predicted octanol–water partition coefficient (Wildman–Crippen LogP) is 3.68. The van der Waals surface area contributed by atoms with Crippen LogP contribution in [0.15, 0.2) is 30.3 Å². The number of hydrogen-bond donors (Lipinski definition) is 0. The van der Waals surface area contributed by atoms with Crippen molar-refractivity contribution in [2.45, 2.75) is 6.54 Å². The van der Waals surface area contributed by atoms with E-state index in [9.17, 15) is 18.0 Å². The summed E-state index contributed by atoms with van der Waals surface area (Å²) in [7, 11) is 0. The van der Waals surface area contributed by atoms with Crippen molar-refractivity contribution in [3.63, 3.8) is 0 Å². The molecule has 0 radical (unpaired) electrons. The molecule has 0 aliphatic carbocycles. The van der Waals surface area contributed by atoms with Gasteiger partial charge in [-0.05, 0) is 18.2 Å². The van der Waals surface area contributed by atoms with Crippen molar-refractivity contribution in [2.24, 2.45) is 0 Å². The van der Waals surface area contributed by atoms with Crippen LogP contribution >= 0.6 is 11.6 Å². The molecule has 0 spiro atoms. The minimum absolute atomic E-state index is 0.0131. The highest BCUT2D eigenvalue weighted by Gasteiger charge is 2.25. The van der Waals surface area contributed by atoms with Gasteiger partial charge in [0.05, 0.1) is 12.2 Å². The lowest BCUT2D eigenvalue weighted by molar-refractivity contribution is -0.120. The van der Waals surface area contributed by atoms with E-state index in [1.165, 1.54) is 0 Å². The fraction of sp³-hybridized carbons (Fsp3) is 0.133. The van der Waals surface area contributed by atoms with Gasteiger partial charge in [-0.25, -0.2) is 13.2 Å². The molecule has 3 rings (SSSR count). The van der Waals surface area contributed by atoms with Crippen LogP contribution in [0.1, 0.15) is 5.56 Å². The normalized spacial score (nSPS) is 14.4. The van der Waals surface area contributed by atoms with Crippen LogP contribution in [0, 0.1) is 17.5 Å². The van der Waals surface area contributed by atoms with Crippen LogP contribution in [0.5, 0.6) is 5.75 Å².